The molecule has 1 amide bonds. The van der Waals surface area contributed by atoms with E-state index in [2.05, 4.69) is 15.5 Å². The summed E-state index contributed by atoms with van der Waals surface area (Å²) in [6.45, 7) is 5.02. The van der Waals surface area contributed by atoms with Gasteiger partial charge in [0.05, 0.1) is 0 Å². The van der Waals surface area contributed by atoms with E-state index in [1.165, 1.54) is 0 Å². The number of fused-ring (bicyclic) bond motifs is 1. The number of rotatable bonds is 5. The van der Waals surface area contributed by atoms with Gasteiger partial charge < -0.3 is 19.0 Å². The molecule has 0 aliphatic carbocycles. The van der Waals surface area contributed by atoms with Crippen molar-refractivity contribution in [3.63, 3.8) is 0 Å². The lowest BCUT2D eigenvalue weighted by Gasteiger charge is -2.02. The fraction of sp³-hybridized carbons (Fsp3) is 0.421. The number of furan rings is 1. The Morgan fingerprint density at radius 1 is 1.35 bits per heavy atom. The Balaban J connectivity index is 1.37. The second-order valence-corrected chi connectivity index (χ2v) is 6.61. The fourth-order valence-electron chi connectivity index (χ4n) is 3.19. The summed E-state index contributed by atoms with van der Waals surface area (Å²) in [7, 11) is 0. The molecule has 7 nitrogen and oxygen atoms in total. The zero-order chi connectivity index (χ0) is 18.1. The predicted octanol–water partition coefficient (Wildman–Crippen LogP) is 3.26. The van der Waals surface area contributed by atoms with Crippen molar-refractivity contribution in [1.29, 1.82) is 0 Å². The zero-order valence-corrected chi connectivity index (χ0v) is 14.9. The second kappa shape index (κ2) is 6.92. The van der Waals surface area contributed by atoms with Gasteiger partial charge >= 0.3 is 0 Å². The minimum atomic E-state index is -0.237. The molecule has 7 heteroatoms. The van der Waals surface area contributed by atoms with Crippen molar-refractivity contribution < 1.29 is 18.5 Å². The maximum Gasteiger partial charge on any atom is 0.287 e. The predicted molar refractivity (Wildman–Crippen MR) is 94.0 cm³/mol. The Kier molecular flexibility index (Phi) is 4.46. The van der Waals surface area contributed by atoms with Crippen molar-refractivity contribution in [2.24, 2.45) is 0 Å². The molecular weight excluding hydrogens is 334 g/mol. The molecule has 1 aliphatic heterocycles. The highest BCUT2D eigenvalue weighted by Gasteiger charge is 2.24. The molecule has 26 heavy (non-hydrogen) atoms. The van der Waals surface area contributed by atoms with Gasteiger partial charge in [-0.2, -0.15) is 4.98 Å². The van der Waals surface area contributed by atoms with Crippen LogP contribution in [-0.4, -0.2) is 29.2 Å². The van der Waals surface area contributed by atoms with Crippen molar-refractivity contribution in [3.05, 3.63) is 46.8 Å². The van der Waals surface area contributed by atoms with Crippen molar-refractivity contribution in [3.8, 4) is 0 Å². The van der Waals surface area contributed by atoms with E-state index in [0.29, 0.717) is 30.4 Å². The number of ether oxygens (including phenoxy) is 1. The van der Waals surface area contributed by atoms with Crippen LogP contribution in [0.1, 0.15) is 52.3 Å². The normalized spacial score (nSPS) is 17.1. The highest BCUT2D eigenvalue weighted by Crippen LogP contribution is 2.27. The first-order chi connectivity index (χ1) is 12.6. The number of amides is 1. The van der Waals surface area contributed by atoms with E-state index in [1.807, 2.05) is 32.0 Å². The lowest BCUT2D eigenvalue weighted by molar-refractivity contribution is 0.0835. The molecule has 4 rings (SSSR count). The summed E-state index contributed by atoms with van der Waals surface area (Å²) < 4.78 is 16.5. The van der Waals surface area contributed by atoms with Crippen molar-refractivity contribution in [1.82, 2.24) is 15.5 Å². The van der Waals surface area contributed by atoms with Crippen molar-refractivity contribution in [2.75, 3.05) is 13.2 Å². The molecule has 0 unspecified atom stereocenters. The summed E-state index contributed by atoms with van der Waals surface area (Å²) in [6.07, 6.45) is 2.31. The topological polar surface area (TPSA) is 90.4 Å². The van der Waals surface area contributed by atoms with E-state index in [1.54, 1.807) is 0 Å². The van der Waals surface area contributed by atoms with Gasteiger partial charge in [0.2, 0.25) is 0 Å². The van der Waals surface area contributed by atoms with Crippen LogP contribution in [0.25, 0.3) is 11.0 Å². The average molecular weight is 355 g/mol. The van der Waals surface area contributed by atoms with Gasteiger partial charge in [-0.1, -0.05) is 17.3 Å². The van der Waals surface area contributed by atoms with Crippen molar-refractivity contribution in [2.45, 2.75) is 39.2 Å². The molecular formula is C19H21N3O4. The summed E-state index contributed by atoms with van der Waals surface area (Å²) in [5.74, 6) is 1.19. The maximum atomic E-state index is 12.4. The van der Waals surface area contributed by atoms with Crippen LogP contribution in [0.4, 0.5) is 0 Å². The second-order valence-electron chi connectivity index (χ2n) is 6.61. The van der Waals surface area contributed by atoms with Gasteiger partial charge in [0.25, 0.3) is 11.8 Å². The molecule has 1 aromatic carbocycles. The standard InChI is InChI=1S/C19H21N3O4/c1-11-5-6-13-12(2)17(25-15(13)10-11)18(23)20-8-7-16-21-19(26-22-16)14-4-3-9-24-14/h5-6,10,14H,3-4,7-9H2,1-2H3,(H,20,23)/t14-/m1/s1. The molecule has 1 aliphatic rings. The first kappa shape index (κ1) is 16.8. The number of carbonyl (C=O) groups is 1. The Hall–Kier alpha value is -2.67. The number of aromatic nitrogens is 2. The average Bonchev–Trinajstić information content (AvgIpc) is 3.35. The zero-order valence-electron chi connectivity index (χ0n) is 14.9. The third-order valence-electron chi connectivity index (χ3n) is 4.62. The molecule has 2 aromatic heterocycles. The van der Waals surface area contributed by atoms with Gasteiger partial charge in [-0.25, -0.2) is 0 Å². The van der Waals surface area contributed by atoms with E-state index in [9.17, 15) is 4.79 Å². The van der Waals surface area contributed by atoms with Crippen molar-refractivity contribution >= 4 is 16.9 Å². The quantitative estimate of drug-likeness (QED) is 0.755. The lowest BCUT2D eigenvalue weighted by atomic mass is 10.1. The molecule has 1 N–H and O–H groups in total. The Morgan fingerprint density at radius 2 is 2.23 bits per heavy atom. The molecule has 136 valence electrons. The van der Waals surface area contributed by atoms with Crippen LogP contribution in [0.2, 0.25) is 0 Å². The van der Waals surface area contributed by atoms with Gasteiger partial charge in [-0.3, -0.25) is 4.79 Å². The maximum absolute atomic E-state index is 12.4. The molecule has 1 atom stereocenters. The summed E-state index contributed by atoms with van der Waals surface area (Å²) in [6, 6.07) is 5.92. The molecule has 1 fully saturated rings. The largest absolute Gasteiger partial charge is 0.451 e. The molecule has 0 spiro atoms. The van der Waals surface area contributed by atoms with Gasteiger partial charge in [0.15, 0.2) is 11.6 Å². The van der Waals surface area contributed by atoms with Crippen LogP contribution in [0.5, 0.6) is 0 Å². The number of nitrogens with one attached hydrogen (secondary N) is 1. The third-order valence-corrected chi connectivity index (χ3v) is 4.62. The minimum absolute atomic E-state index is 0.0903. The summed E-state index contributed by atoms with van der Waals surface area (Å²) in [5.41, 5.74) is 2.67. The molecule has 0 radical (unpaired) electrons. The highest BCUT2D eigenvalue weighted by atomic mass is 16.5. The van der Waals surface area contributed by atoms with Crippen LogP contribution in [0.15, 0.2) is 27.1 Å². The van der Waals surface area contributed by atoms with Crippen LogP contribution in [0, 0.1) is 13.8 Å². The Morgan fingerprint density at radius 3 is 3.04 bits per heavy atom. The molecule has 3 heterocycles. The van der Waals surface area contributed by atoms with Gasteiger partial charge in [-0.05, 0) is 38.3 Å². The number of carbonyl (C=O) groups excluding carboxylic acids is 1. The van der Waals surface area contributed by atoms with E-state index in [4.69, 9.17) is 13.7 Å². The van der Waals surface area contributed by atoms with Gasteiger partial charge in [-0.15, -0.1) is 0 Å². The number of aryl methyl sites for hydroxylation is 2. The first-order valence-electron chi connectivity index (χ1n) is 8.84. The lowest BCUT2D eigenvalue weighted by Crippen LogP contribution is -2.26. The minimum Gasteiger partial charge on any atom is -0.451 e. The smallest absolute Gasteiger partial charge is 0.287 e. The Bertz CT molecular complexity index is 938. The van der Waals surface area contributed by atoms with Crippen LogP contribution in [0.3, 0.4) is 0 Å². The molecule has 0 saturated carbocycles. The summed E-state index contributed by atoms with van der Waals surface area (Å²) >= 11 is 0. The Labute approximate surface area is 150 Å². The number of benzene rings is 1. The number of hydrogen-bond donors (Lipinski definition) is 1. The number of nitrogens with zero attached hydrogens (tertiary/aromatic N) is 2. The van der Waals surface area contributed by atoms with Crippen LogP contribution < -0.4 is 5.32 Å². The summed E-state index contributed by atoms with van der Waals surface area (Å²) in [5, 5.41) is 7.77. The van der Waals surface area contributed by atoms with E-state index in [-0.39, 0.29) is 12.0 Å². The highest BCUT2D eigenvalue weighted by molar-refractivity contribution is 5.99. The first-order valence-corrected chi connectivity index (χ1v) is 8.84. The van der Waals surface area contributed by atoms with Crippen LogP contribution in [-0.2, 0) is 11.2 Å². The van der Waals surface area contributed by atoms with E-state index in [0.717, 1.165) is 41.5 Å². The monoisotopic (exact) mass is 355 g/mol. The molecule has 3 aromatic rings. The van der Waals surface area contributed by atoms with Gasteiger partial charge in [0.1, 0.15) is 11.7 Å². The van der Waals surface area contributed by atoms with Gasteiger partial charge in [0, 0.05) is 30.5 Å². The van der Waals surface area contributed by atoms with E-state index >= 15 is 0 Å². The van der Waals surface area contributed by atoms with Crippen LogP contribution >= 0.6 is 0 Å². The molecule has 1 saturated heterocycles. The fourth-order valence-corrected chi connectivity index (χ4v) is 3.19. The third kappa shape index (κ3) is 3.22. The number of hydrogen-bond acceptors (Lipinski definition) is 6. The molecule has 0 bridgehead atoms. The SMILES string of the molecule is Cc1ccc2c(C)c(C(=O)NCCc3noc([C@H]4CCCO4)n3)oc2c1. The summed E-state index contributed by atoms with van der Waals surface area (Å²) in [4.78, 5) is 16.8. The van der Waals surface area contributed by atoms with E-state index < -0.39 is 0 Å².